The van der Waals surface area contributed by atoms with Gasteiger partial charge in [0.25, 0.3) is 5.91 Å². The van der Waals surface area contributed by atoms with Crippen molar-refractivity contribution in [2.75, 3.05) is 29.9 Å². The van der Waals surface area contributed by atoms with Crippen molar-refractivity contribution in [2.45, 2.75) is 25.9 Å². The Morgan fingerprint density at radius 3 is 2.86 bits per heavy atom. The van der Waals surface area contributed by atoms with E-state index in [1.54, 1.807) is 23.1 Å². The van der Waals surface area contributed by atoms with Gasteiger partial charge in [-0.05, 0) is 55.3 Å². The molecule has 2 aliphatic heterocycles. The van der Waals surface area contributed by atoms with Gasteiger partial charge in [0.05, 0.1) is 6.54 Å². The Balaban J connectivity index is 1.71. The minimum atomic E-state index is -0.0504. The number of pyridine rings is 1. The van der Waals surface area contributed by atoms with Crippen molar-refractivity contribution in [3.05, 3.63) is 52.7 Å². The molecule has 2 aromatic rings. The van der Waals surface area contributed by atoms with Crippen LogP contribution in [0.15, 0.2) is 35.3 Å². The summed E-state index contributed by atoms with van der Waals surface area (Å²) in [6, 6.07) is 9.54. The minimum absolute atomic E-state index is 0.0504. The number of aromatic nitrogens is 1. The summed E-state index contributed by atoms with van der Waals surface area (Å²) in [7, 11) is 1.92. The number of carbonyl (C=O) groups excluding carboxylic acids is 1. The monoisotopic (exact) mass is 391 g/mol. The van der Waals surface area contributed by atoms with Crippen LogP contribution < -0.4 is 20.9 Å². The number of aliphatic imine (C=N–C) groups is 1. The summed E-state index contributed by atoms with van der Waals surface area (Å²) in [6.45, 7) is 3.25. The van der Waals surface area contributed by atoms with E-state index in [0.29, 0.717) is 24.6 Å². The molecule has 1 fully saturated rings. The van der Waals surface area contributed by atoms with Gasteiger partial charge in [0, 0.05) is 30.9 Å². The van der Waals surface area contributed by atoms with Gasteiger partial charge in [-0.1, -0.05) is 6.07 Å². The Hall–Kier alpha value is -3.26. The van der Waals surface area contributed by atoms with Gasteiger partial charge < -0.3 is 16.0 Å². The minimum Gasteiger partial charge on any atom is -0.382 e. The van der Waals surface area contributed by atoms with Crippen LogP contribution in [0.3, 0.4) is 0 Å². The standard InChI is InChI=1S/C21H25N7O/c1-24-11-14-9-15(27-7-2-3-8-27)10-16-17(14)12-28(21(16)29)19-6-4-5-18(26-19)20(23)25-13-22/h4-6,9-10,13,24H,2-3,7-8,11-12H2,1H3,(H3,22,23,25). The maximum Gasteiger partial charge on any atom is 0.260 e. The van der Waals surface area contributed by atoms with Gasteiger partial charge in [-0.3, -0.25) is 15.1 Å². The summed E-state index contributed by atoms with van der Waals surface area (Å²) in [5.74, 6) is 0.633. The fourth-order valence-electron chi connectivity index (χ4n) is 4.01. The number of carbonyl (C=O) groups is 1. The molecule has 0 bridgehead atoms. The summed E-state index contributed by atoms with van der Waals surface area (Å²) in [4.78, 5) is 25.6. The fraction of sp³-hybridized carbons (Fsp3) is 0.333. The third-order valence-corrected chi connectivity index (χ3v) is 5.43. The van der Waals surface area contributed by atoms with E-state index < -0.39 is 0 Å². The van der Waals surface area contributed by atoms with Crippen LogP contribution in [0.25, 0.3) is 0 Å². The first-order valence-electron chi connectivity index (χ1n) is 9.79. The molecule has 0 radical (unpaired) electrons. The molecule has 1 aromatic carbocycles. The number of nitrogens with two attached hydrogens (primary N) is 1. The molecular weight excluding hydrogens is 366 g/mol. The highest BCUT2D eigenvalue weighted by Crippen LogP contribution is 2.34. The molecule has 2 aliphatic rings. The predicted molar refractivity (Wildman–Crippen MR) is 115 cm³/mol. The van der Waals surface area contributed by atoms with E-state index in [0.717, 1.165) is 41.8 Å². The highest BCUT2D eigenvalue weighted by Gasteiger charge is 2.32. The van der Waals surface area contributed by atoms with Crippen LogP contribution in [-0.4, -0.2) is 43.2 Å². The lowest BCUT2D eigenvalue weighted by molar-refractivity contribution is 0.0996. The Labute approximate surface area is 169 Å². The van der Waals surface area contributed by atoms with Gasteiger partial charge >= 0.3 is 0 Å². The summed E-state index contributed by atoms with van der Waals surface area (Å²) in [5, 5.41) is 10.3. The van der Waals surface area contributed by atoms with Crippen LogP contribution in [0, 0.1) is 5.41 Å². The molecule has 0 aliphatic carbocycles. The van der Waals surface area contributed by atoms with Gasteiger partial charge in [0.2, 0.25) is 0 Å². The normalized spacial score (nSPS) is 16.4. The van der Waals surface area contributed by atoms with Gasteiger partial charge in [-0.25, -0.2) is 9.98 Å². The number of fused-ring (bicyclic) bond motifs is 1. The molecule has 1 aromatic heterocycles. The molecule has 0 unspecified atom stereocenters. The molecule has 0 atom stereocenters. The van der Waals surface area contributed by atoms with E-state index in [1.165, 1.54) is 12.8 Å². The Kier molecular flexibility index (Phi) is 5.26. The van der Waals surface area contributed by atoms with E-state index in [4.69, 9.17) is 11.1 Å². The first kappa shape index (κ1) is 19.1. The number of hydrogen-bond donors (Lipinski definition) is 3. The third kappa shape index (κ3) is 3.58. The average molecular weight is 391 g/mol. The number of amidine groups is 1. The Morgan fingerprint density at radius 2 is 2.14 bits per heavy atom. The van der Waals surface area contributed by atoms with E-state index in [9.17, 15) is 4.79 Å². The van der Waals surface area contributed by atoms with Gasteiger partial charge in [0.15, 0.2) is 5.84 Å². The van der Waals surface area contributed by atoms with Gasteiger partial charge in [0.1, 0.15) is 17.9 Å². The second kappa shape index (κ2) is 8.00. The van der Waals surface area contributed by atoms with Crippen LogP contribution in [0.2, 0.25) is 0 Å². The summed E-state index contributed by atoms with van der Waals surface area (Å²) in [5.41, 5.74) is 10.4. The van der Waals surface area contributed by atoms with E-state index >= 15 is 0 Å². The number of nitrogens with zero attached hydrogens (tertiary/aromatic N) is 4. The zero-order valence-corrected chi connectivity index (χ0v) is 16.5. The lowest BCUT2D eigenvalue weighted by Crippen LogP contribution is -2.25. The maximum atomic E-state index is 13.3. The number of nitrogens with one attached hydrogen (secondary N) is 2. The number of benzene rings is 1. The first-order chi connectivity index (χ1) is 14.1. The molecule has 8 nitrogen and oxygen atoms in total. The molecule has 4 rings (SSSR count). The molecule has 4 N–H and O–H groups in total. The molecule has 8 heteroatoms. The van der Waals surface area contributed by atoms with Crippen molar-refractivity contribution in [3.8, 4) is 0 Å². The number of amides is 1. The molecule has 3 heterocycles. The first-order valence-corrected chi connectivity index (χ1v) is 9.79. The number of hydrogen-bond acceptors (Lipinski definition) is 5. The Morgan fingerprint density at radius 1 is 1.34 bits per heavy atom. The molecule has 0 saturated carbocycles. The van der Waals surface area contributed by atoms with E-state index in [1.807, 2.05) is 13.1 Å². The zero-order chi connectivity index (χ0) is 20.4. The SMILES string of the molecule is CNCc1cc(N2CCCC2)cc2c1CN(c1cccc(C(N)=NC=N)n1)C2=O. The van der Waals surface area contributed by atoms with Crippen LogP contribution in [0.4, 0.5) is 11.5 Å². The predicted octanol–water partition coefficient (Wildman–Crippen LogP) is 1.87. The van der Waals surface area contributed by atoms with Crippen molar-refractivity contribution >= 4 is 29.6 Å². The lowest BCUT2D eigenvalue weighted by Gasteiger charge is -2.20. The van der Waals surface area contributed by atoms with Gasteiger partial charge in [-0.15, -0.1) is 0 Å². The van der Waals surface area contributed by atoms with Crippen molar-refractivity contribution in [2.24, 2.45) is 10.7 Å². The number of rotatable bonds is 6. The quantitative estimate of drug-likeness (QED) is 0.514. The van der Waals surface area contributed by atoms with Gasteiger partial charge in [-0.2, -0.15) is 0 Å². The molecule has 1 saturated heterocycles. The third-order valence-electron chi connectivity index (χ3n) is 5.43. The summed E-state index contributed by atoms with van der Waals surface area (Å²) < 4.78 is 0. The highest BCUT2D eigenvalue weighted by molar-refractivity contribution is 6.10. The Bertz CT molecular complexity index is 979. The molecule has 29 heavy (non-hydrogen) atoms. The molecule has 150 valence electrons. The van der Waals surface area contributed by atoms with Crippen LogP contribution in [0.5, 0.6) is 0 Å². The van der Waals surface area contributed by atoms with Crippen molar-refractivity contribution in [3.63, 3.8) is 0 Å². The van der Waals surface area contributed by atoms with Crippen molar-refractivity contribution in [1.82, 2.24) is 10.3 Å². The molecule has 1 amide bonds. The highest BCUT2D eigenvalue weighted by atomic mass is 16.2. The topological polar surface area (TPSA) is 111 Å². The second-order valence-electron chi connectivity index (χ2n) is 7.27. The van der Waals surface area contributed by atoms with Crippen LogP contribution in [-0.2, 0) is 13.1 Å². The van der Waals surface area contributed by atoms with E-state index in [2.05, 4.69) is 26.3 Å². The average Bonchev–Trinajstić information content (AvgIpc) is 3.37. The smallest absolute Gasteiger partial charge is 0.260 e. The van der Waals surface area contributed by atoms with Crippen LogP contribution >= 0.6 is 0 Å². The van der Waals surface area contributed by atoms with Crippen LogP contribution in [0.1, 0.15) is 40.0 Å². The summed E-state index contributed by atoms with van der Waals surface area (Å²) >= 11 is 0. The largest absolute Gasteiger partial charge is 0.382 e. The lowest BCUT2D eigenvalue weighted by atomic mass is 10.0. The molecular formula is C21H25N7O. The summed E-state index contributed by atoms with van der Waals surface area (Å²) in [6.07, 6.45) is 3.26. The number of anilines is 2. The fourth-order valence-corrected chi connectivity index (χ4v) is 4.01. The van der Waals surface area contributed by atoms with Crippen molar-refractivity contribution in [1.29, 1.82) is 5.41 Å². The zero-order valence-electron chi connectivity index (χ0n) is 16.5. The maximum absolute atomic E-state index is 13.3. The second-order valence-corrected chi connectivity index (χ2v) is 7.27. The van der Waals surface area contributed by atoms with Crippen molar-refractivity contribution < 1.29 is 4.79 Å². The molecule has 0 spiro atoms. The van der Waals surface area contributed by atoms with E-state index in [-0.39, 0.29) is 11.7 Å².